The Kier molecular flexibility index (Phi) is 3.01. The number of nitrogens with zero attached hydrogens (tertiary/aromatic N) is 1. The lowest BCUT2D eigenvalue weighted by atomic mass is 10.0. The molecule has 0 amide bonds. The van der Waals surface area contributed by atoms with Gasteiger partial charge in [-0.15, -0.1) is 0 Å². The summed E-state index contributed by atoms with van der Waals surface area (Å²) < 4.78 is 0. The molecule has 2 aromatic rings. The van der Waals surface area contributed by atoms with Crippen molar-refractivity contribution in [1.82, 2.24) is 10.2 Å². The molecule has 1 heterocycles. The summed E-state index contributed by atoms with van der Waals surface area (Å²) in [6, 6.07) is 8.38. The molecule has 2 rings (SSSR count). The topological polar surface area (TPSA) is 28.7 Å². The molecule has 1 aromatic carbocycles. The molecule has 0 radical (unpaired) electrons. The van der Waals surface area contributed by atoms with Crippen LogP contribution < -0.4 is 0 Å². The highest BCUT2D eigenvalue weighted by Gasteiger charge is 2.10. The molecule has 0 fully saturated rings. The van der Waals surface area contributed by atoms with E-state index in [0.717, 1.165) is 17.0 Å². The van der Waals surface area contributed by atoms with Crippen LogP contribution in [0.15, 0.2) is 24.3 Å². The third-order valence-electron chi connectivity index (χ3n) is 2.72. The van der Waals surface area contributed by atoms with E-state index >= 15 is 0 Å². The fourth-order valence-corrected chi connectivity index (χ4v) is 1.83. The maximum atomic E-state index is 6.15. The zero-order chi connectivity index (χ0) is 11.7. The monoisotopic (exact) mass is 234 g/mol. The summed E-state index contributed by atoms with van der Waals surface area (Å²) in [5.74, 6) is 0.547. The van der Waals surface area contributed by atoms with E-state index in [1.54, 1.807) is 0 Å². The molecule has 1 aromatic heterocycles. The van der Waals surface area contributed by atoms with Crippen molar-refractivity contribution < 1.29 is 0 Å². The first-order valence-corrected chi connectivity index (χ1v) is 5.78. The molecule has 0 atom stereocenters. The van der Waals surface area contributed by atoms with E-state index in [1.807, 2.05) is 6.92 Å². The van der Waals surface area contributed by atoms with Gasteiger partial charge in [0, 0.05) is 5.56 Å². The van der Waals surface area contributed by atoms with Gasteiger partial charge in [0.15, 0.2) is 0 Å². The molecule has 16 heavy (non-hydrogen) atoms. The van der Waals surface area contributed by atoms with Crippen LogP contribution in [0.25, 0.3) is 11.3 Å². The van der Waals surface area contributed by atoms with E-state index in [2.05, 4.69) is 48.3 Å². The van der Waals surface area contributed by atoms with Crippen LogP contribution in [-0.2, 0) is 0 Å². The Bertz CT molecular complexity index is 483. The van der Waals surface area contributed by atoms with Crippen LogP contribution in [0.3, 0.4) is 0 Å². The molecule has 0 bridgehead atoms. The van der Waals surface area contributed by atoms with E-state index in [4.69, 9.17) is 11.6 Å². The van der Waals surface area contributed by atoms with Crippen molar-refractivity contribution in [3.8, 4) is 11.3 Å². The third-order valence-corrected chi connectivity index (χ3v) is 3.19. The first kappa shape index (κ1) is 11.2. The van der Waals surface area contributed by atoms with E-state index in [0.29, 0.717) is 10.9 Å². The van der Waals surface area contributed by atoms with Gasteiger partial charge in [-0.1, -0.05) is 49.7 Å². The highest BCUT2D eigenvalue weighted by molar-refractivity contribution is 6.33. The van der Waals surface area contributed by atoms with Gasteiger partial charge in [0.05, 0.1) is 10.7 Å². The summed E-state index contributed by atoms with van der Waals surface area (Å²) in [6.07, 6.45) is 0. The van der Waals surface area contributed by atoms with Gasteiger partial charge in [-0.05, 0) is 18.4 Å². The van der Waals surface area contributed by atoms with Crippen LogP contribution in [0.1, 0.15) is 31.0 Å². The van der Waals surface area contributed by atoms with Crippen LogP contribution in [0.4, 0.5) is 0 Å². The maximum Gasteiger partial charge on any atom is 0.111 e. The predicted molar refractivity (Wildman–Crippen MR) is 67.9 cm³/mol. The van der Waals surface area contributed by atoms with E-state index in [9.17, 15) is 0 Å². The van der Waals surface area contributed by atoms with Crippen molar-refractivity contribution >= 4 is 11.6 Å². The lowest BCUT2D eigenvalue weighted by Crippen LogP contribution is -1.87. The standard InChI is InChI=1S/C13H15ClN2/c1-8(2)10-4-6-11(7-5-10)13-12(14)9(3)15-16-13/h4-8H,1-3H3,(H,15,16). The fourth-order valence-electron chi connectivity index (χ4n) is 1.63. The molecule has 0 spiro atoms. The van der Waals surface area contributed by atoms with Gasteiger partial charge in [0.25, 0.3) is 0 Å². The molecule has 0 aliphatic heterocycles. The molecule has 1 N–H and O–H groups in total. The van der Waals surface area contributed by atoms with E-state index < -0.39 is 0 Å². The smallest absolute Gasteiger partial charge is 0.111 e. The number of rotatable bonds is 2. The molecule has 2 nitrogen and oxygen atoms in total. The number of aromatic amines is 1. The van der Waals surface area contributed by atoms with Crippen LogP contribution in [0.5, 0.6) is 0 Å². The Morgan fingerprint density at radius 1 is 1.19 bits per heavy atom. The maximum absolute atomic E-state index is 6.15. The Balaban J connectivity index is 2.38. The van der Waals surface area contributed by atoms with Crippen LogP contribution >= 0.6 is 11.6 Å². The van der Waals surface area contributed by atoms with Crippen molar-refractivity contribution in [2.24, 2.45) is 0 Å². The van der Waals surface area contributed by atoms with Crippen molar-refractivity contribution in [3.05, 3.63) is 40.5 Å². The van der Waals surface area contributed by atoms with Crippen LogP contribution in [0, 0.1) is 6.92 Å². The summed E-state index contributed by atoms with van der Waals surface area (Å²) >= 11 is 6.15. The second kappa shape index (κ2) is 4.30. The Morgan fingerprint density at radius 3 is 2.25 bits per heavy atom. The molecule has 3 heteroatoms. The van der Waals surface area contributed by atoms with Gasteiger partial charge in [-0.3, -0.25) is 5.10 Å². The molecule has 84 valence electrons. The summed E-state index contributed by atoms with van der Waals surface area (Å²) in [6.45, 7) is 6.28. The Hall–Kier alpha value is -1.28. The number of aryl methyl sites for hydroxylation is 1. The first-order chi connectivity index (χ1) is 7.59. The first-order valence-electron chi connectivity index (χ1n) is 5.40. The minimum absolute atomic E-state index is 0.547. The SMILES string of the molecule is Cc1[nH]nc(-c2ccc(C(C)C)cc2)c1Cl. The Morgan fingerprint density at radius 2 is 1.81 bits per heavy atom. The van der Waals surface area contributed by atoms with Gasteiger partial charge >= 0.3 is 0 Å². The van der Waals surface area contributed by atoms with Crippen LogP contribution in [-0.4, -0.2) is 10.2 Å². The van der Waals surface area contributed by atoms with Gasteiger partial charge in [0.2, 0.25) is 0 Å². The molecule has 0 unspecified atom stereocenters. The minimum Gasteiger partial charge on any atom is -0.281 e. The van der Waals surface area contributed by atoms with Crippen molar-refractivity contribution in [1.29, 1.82) is 0 Å². The molecule has 0 aliphatic rings. The number of nitrogens with one attached hydrogen (secondary N) is 1. The number of benzene rings is 1. The summed E-state index contributed by atoms with van der Waals surface area (Å²) in [4.78, 5) is 0. The van der Waals surface area contributed by atoms with Gasteiger partial charge in [-0.2, -0.15) is 5.10 Å². The predicted octanol–water partition coefficient (Wildman–Crippen LogP) is 4.16. The summed E-state index contributed by atoms with van der Waals surface area (Å²) in [5.41, 5.74) is 4.12. The zero-order valence-electron chi connectivity index (χ0n) is 9.71. The lowest BCUT2D eigenvalue weighted by molar-refractivity contribution is 0.867. The summed E-state index contributed by atoms with van der Waals surface area (Å²) in [7, 11) is 0. The number of hydrogen-bond acceptors (Lipinski definition) is 1. The molecule has 0 saturated carbocycles. The van der Waals surface area contributed by atoms with Crippen LogP contribution in [0.2, 0.25) is 5.02 Å². The van der Waals surface area contributed by atoms with Gasteiger partial charge in [0.1, 0.15) is 5.69 Å². The van der Waals surface area contributed by atoms with Crippen molar-refractivity contribution in [2.75, 3.05) is 0 Å². The highest BCUT2D eigenvalue weighted by Crippen LogP contribution is 2.28. The molecular weight excluding hydrogens is 220 g/mol. The average molecular weight is 235 g/mol. The minimum atomic E-state index is 0.547. The molecule has 0 saturated heterocycles. The van der Waals surface area contributed by atoms with Crippen molar-refractivity contribution in [2.45, 2.75) is 26.7 Å². The van der Waals surface area contributed by atoms with E-state index in [-0.39, 0.29) is 0 Å². The second-order valence-electron chi connectivity index (χ2n) is 4.29. The average Bonchev–Trinajstić information content (AvgIpc) is 2.60. The Labute approximate surface area is 101 Å². The molecular formula is C13H15ClN2. The van der Waals surface area contributed by atoms with Gasteiger partial charge < -0.3 is 0 Å². The molecule has 0 aliphatic carbocycles. The summed E-state index contributed by atoms with van der Waals surface area (Å²) in [5, 5.41) is 7.80. The fraction of sp³-hybridized carbons (Fsp3) is 0.308. The zero-order valence-corrected chi connectivity index (χ0v) is 10.5. The number of hydrogen-bond donors (Lipinski definition) is 1. The number of halogens is 1. The highest BCUT2D eigenvalue weighted by atomic mass is 35.5. The largest absolute Gasteiger partial charge is 0.281 e. The normalized spacial score (nSPS) is 11.1. The second-order valence-corrected chi connectivity index (χ2v) is 4.67. The van der Waals surface area contributed by atoms with E-state index in [1.165, 1.54) is 5.56 Å². The van der Waals surface area contributed by atoms with Gasteiger partial charge in [-0.25, -0.2) is 0 Å². The third kappa shape index (κ3) is 1.98. The number of aromatic nitrogens is 2. The van der Waals surface area contributed by atoms with Crippen molar-refractivity contribution in [3.63, 3.8) is 0 Å². The lowest BCUT2D eigenvalue weighted by Gasteiger charge is -2.05. The number of H-pyrrole nitrogens is 1. The quantitative estimate of drug-likeness (QED) is 0.831.